The van der Waals surface area contributed by atoms with Gasteiger partial charge in [-0.2, -0.15) is 0 Å². The molecule has 0 atom stereocenters. The molecule has 0 aliphatic carbocycles. The molecule has 2 amide bonds. The fourth-order valence-electron chi connectivity index (χ4n) is 3.00. The Balaban J connectivity index is 1.80. The van der Waals surface area contributed by atoms with Crippen LogP contribution in [0.4, 0.5) is 22.7 Å². The van der Waals surface area contributed by atoms with Crippen LogP contribution in [0.2, 0.25) is 0 Å². The lowest BCUT2D eigenvalue weighted by Gasteiger charge is -2.19. The molecule has 0 aromatic heterocycles. The number of amides is 2. The van der Waals surface area contributed by atoms with E-state index in [0.29, 0.717) is 11.4 Å². The summed E-state index contributed by atoms with van der Waals surface area (Å²) in [5.74, 6) is -0.794. The van der Waals surface area contributed by atoms with Crippen molar-refractivity contribution in [2.45, 2.75) is 0 Å². The molecule has 3 aromatic carbocycles. The van der Waals surface area contributed by atoms with Crippen molar-refractivity contribution in [3.8, 4) is 0 Å². The highest BCUT2D eigenvalue weighted by Crippen LogP contribution is 2.22. The molecule has 0 bridgehead atoms. The van der Waals surface area contributed by atoms with Gasteiger partial charge in [0, 0.05) is 60.9 Å². The molecule has 0 N–H and O–H groups in total. The summed E-state index contributed by atoms with van der Waals surface area (Å²) in [6.45, 7) is 0. The van der Waals surface area contributed by atoms with Gasteiger partial charge in [-0.3, -0.25) is 29.8 Å². The topological polar surface area (TPSA) is 127 Å². The first kappa shape index (κ1) is 22.1. The summed E-state index contributed by atoms with van der Waals surface area (Å²) in [4.78, 5) is 49.0. The second-order valence-corrected chi connectivity index (χ2v) is 6.86. The number of benzene rings is 3. The molecule has 0 saturated heterocycles. The fourth-order valence-corrected chi connectivity index (χ4v) is 3.00. The lowest BCUT2D eigenvalue weighted by molar-refractivity contribution is -0.385. The van der Waals surface area contributed by atoms with Crippen molar-refractivity contribution >= 4 is 34.6 Å². The Morgan fingerprint density at radius 1 is 0.656 bits per heavy atom. The molecule has 0 saturated carbocycles. The van der Waals surface area contributed by atoms with Crippen molar-refractivity contribution < 1.29 is 19.4 Å². The smallest absolute Gasteiger partial charge is 0.269 e. The molecule has 0 heterocycles. The Morgan fingerprint density at radius 2 is 1.00 bits per heavy atom. The molecule has 10 heteroatoms. The van der Waals surface area contributed by atoms with Crippen LogP contribution in [0.1, 0.15) is 20.7 Å². The van der Waals surface area contributed by atoms with Crippen molar-refractivity contribution in [3.63, 3.8) is 0 Å². The van der Waals surface area contributed by atoms with Gasteiger partial charge in [-0.15, -0.1) is 0 Å². The van der Waals surface area contributed by atoms with Gasteiger partial charge in [-0.25, -0.2) is 0 Å². The highest BCUT2D eigenvalue weighted by Gasteiger charge is 2.19. The SMILES string of the molecule is CN(C(=O)c1cccc(C(=O)N(C)c2ccc([N+](=O)[O-])cc2)c1)c1ccc([N+](=O)[O-])cc1. The van der Waals surface area contributed by atoms with E-state index in [1.54, 1.807) is 18.2 Å². The summed E-state index contributed by atoms with van der Waals surface area (Å²) in [7, 11) is 3.06. The van der Waals surface area contributed by atoms with Crippen LogP contribution in [0.15, 0.2) is 72.8 Å². The average Bonchev–Trinajstić information content (AvgIpc) is 2.82. The van der Waals surface area contributed by atoms with Gasteiger partial charge in [0.05, 0.1) is 9.85 Å². The molecule has 0 aliphatic rings. The lowest BCUT2D eigenvalue weighted by Crippen LogP contribution is -2.28. The number of hydrogen-bond donors (Lipinski definition) is 0. The van der Waals surface area contributed by atoms with Gasteiger partial charge in [0.25, 0.3) is 23.2 Å². The predicted molar refractivity (Wildman–Crippen MR) is 118 cm³/mol. The summed E-state index contributed by atoms with van der Waals surface area (Å²) < 4.78 is 0. The molecule has 0 fully saturated rings. The number of anilines is 2. The molecule has 3 aromatic rings. The van der Waals surface area contributed by atoms with Crippen molar-refractivity contribution in [3.05, 3.63) is 104 Å². The van der Waals surface area contributed by atoms with Gasteiger partial charge in [-0.05, 0) is 42.5 Å². The van der Waals surface area contributed by atoms with Gasteiger partial charge in [0.2, 0.25) is 0 Å². The molecular weight excluding hydrogens is 416 g/mol. The minimum atomic E-state index is -0.526. The van der Waals surface area contributed by atoms with E-state index in [1.165, 1.54) is 78.5 Å². The third-order valence-corrected chi connectivity index (χ3v) is 4.86. The van der Waals surface area contributed by atoms with Gasteiger partial charge in [0.15, 0.2) is 0 Å². The zero-order valence-electron chi connectivity index (χ0n) is 17.2. The fraction of sp³-hybridized carbons (Fsp3) is 0.0909. The van der Waals surface area contributed by atoms with E-state index in [4.69, 9.17) is 0 Å². The van der Waals surface area contributed by atoms with Crippen molar-refractivity contribution in [1.29, 1.82) is 0 Å². The van der Waals surface area contributed by atoms with Gasteiger partial charge < -0.3 is 9.80 Å². The Hall–Kier alpha value is -4.60. The standard InChI is InChI=1S/C22H18N4O6/c1-23(17-6-10-19(11-7-17)25(29)30)21(27)15-4-3-5-16(14-15)22(28)24(2)18-8-12-20(13-9-18)26(31)32/h3-14H,1-2H3. The number of rotatable bonds is 6. The number of hydrogen-bond acceptors (Lipinski definition) is 6. The highest BCUT2D eigenvalue weighted by atomic mass is 16.6. The molecule has 32 heavy (non-hydrogen) atoms. The Kier molecular flexibility index (Phi) is 6.24. The van der Waals surface area contributed by atoms with E-state index in [9.17, 15) is 29.8 Å². The number of nitro groups is 2. The third kappa shape index (κ3) is 4.59. The Morgan fingerprint density at radius 3 is 1.31 bits per heavy atom. The van der Waals surface area contributed by atoms with Crippen LogP contribution in [-0.2, 0) is 0 Å². The summed E-state index contributed by atoms with van der Waals surface area (Å²) in [6, 6.07) is 17.2. The molecule has 162 valence electrons. The second kappa shape index (κ2) is 9.04. The first-order chi connectivity index (χ1) is 15.2. The summed E-state index contributed by atoms with van der Waals surface area (Å²) in [5, 5.41) is 21.6. The van der Waals surface area contributed by atoms with Crippen molar-refractivity contribution in [2.24, 2.45) is 0 Å². The molecule has 10 nitrogen and oxygen atoms in total. The van der Waals surface area contributed by atoms with E-state index in [0.717, 1.165) is 0 Å². The first-order valence-electron chi connectivity index (χ1n) is 9.34. The number of nitro benzene ring substituents is 2. The van der Waals surface area contributed by atoms with E-state index >= 15 is 0 Å². The van der Waals surface area contributed by atoms with Gasteiger partial charge in [-0.1, -0.05) is 6.07 Å². The zero-order valence-corrected chi connectivity index (χ0v) is 17.2. The van der Waals surface area contributed by atoms with Crippen molar-refractivity contribution in [1.82, 2.24) is 0 Å². The van der Waals surface area contributed by atoms with Crippen LogP contribution in [0.3, 0.4) is 0 Å². The predicted octanol–water partition coefficient (Wildman–Crippen LogP) is 4.06. The number of nitrogens with zero attached hydrogens (tertiary/aromatic N) is 4. The maximum absolute atomic E-state index is 12.9. The monoisotopic (exact) mass is 434 g/mol. The highest BCUT2D eigenvalue weighted by molar-refractivity contribution is 6.10. The van der Waals surface area contributed by atoms with Crippen LogP contribution in [-0.4, -0.2) is 35.8 Å². The molecule has 0 aliphatic heterocycles. The average molecular weight is 434 g/mol. The molecular formula is C22H18N4O6. The van der Waals surface area contributed by atoms with Crippen LogP contribution >= 0.6 is 0 Å². The molecule has 0 radical (unpaired) electrons. The van der Waals surface area contributed by atoms with Crippen LogP contribution < -0.4 is 9.80 Å². The maximum atomic E-state index is 12.9. The zero-order chi connectivity index (χ0) is 23.4. The van der Waals surface area contributed by atoms with E-state index in [2.05, 4.69) is 0 Å². The minimum absolute atomic E-state index is 0.0866. The van der Waals surface area contributed by atoms with Crippen LogP contribution in [0, 0.1) is 20.2 Å². The minimum Gasteiger partial charge on any atom is -0.311 e. The maximum Gasteiger partial charge on any atom is 0.269 e. The summed E-state index contributed by atoms with van der Waals surface area (Å²) in [6.07, 6.45) is 0. The van der Waals surface area contributed by atoms with E-state index in [1.807, 2.05) is 0 Å². The van der Waals surface area contributed by atoms with Crippen LogP contribution in [0.5, 0.6) is 0 Å². The molecule has 3 rings (SSSR count). The third-order valence-electron chi connectivity index (χ3n) is 4.86. The summed E-state index contributed by atoms with van der Waals surface area (Å²) in [5.41, 5.74) is 1.26. The van der Waals surface area contributed by atoms with Gasteiger partial charge in [0.1, 0.15) is 0 Å². The molecule has 0 spiro atoms. The number of carbonyl (C=O) groups excluding carboxylic acids is 2. The number of non-ortho nitro benzene ring substituents is 2. The Labute approximate surface area is 182 Å². The lowest BCUT2D eigenvalue weighted by atomic mass is 10.1. The van der Waals surface area contributed by atoms with Gasteiger partial charge >= 0.3 is 0 Å². The molecule has 0 unspecified atom stereocenters. The quantitative estimate of drug-likeness (QED) is 0.425. The van der Waals surface area contributed by atoms with E-state index < -0.39 is 21.7 Å². The summed E-state index contributed by atoms with van der Waals surface area (Å²) >= 11 is 0. The Bertz CT molecular complexity index is 1100. The van der Waals surface area contributed by atoms with Crippen molar-refractivity contribution in [2.75, 3.05) is 23.9 Å². The normalized spacial score (nSPS) is 10.3. The first-order valence-corrected chi connectivity index (χ1v) is 9.34. The second-order valence-electron chi connectivity index (χ2n) is 6.86. The van der Waals surface area contributed by atoms with E-state index in [-0.39, 0.29) is 22.5 Å². The van der Waals surface area contributed by atoms with Crippen LogP contribution in [0.25, 0.3) is 0 Å². The number of carbonyl (C=O) groups is 2. The largest absolute Gasteiger partial charge is 0.311 e.